The van der Waals surface area contributed by atoms with E-state index < -0.39 is 35.0 Å². The lowest BCUT2D eigenvalue weighted by Gasteiger charge is -2.59. The zero-order valence-electron chi connectivity index (χ0n) is 56.7. The molecular formula is C72H87FN12O11S. The number of likely N-dealkylation sites (tertiary alicyclic amines) is 2. The number of pyridine rings is 1. The van der Waals surface area contributed by atoms with Crippen LogP contribution in [0.4, 0.5) is 25.6 Å². The Morgan fingerprint density at radius 1 is 0.907 bits per heavy atom. The minimum absolute atomic E-state index is 0.00776. The van der Waals surface area contributed by atoms with Gasteiger partial charge in [-0.25, -0.2) is 19.0 Å². The first-order chi connectivity index (χ1) is 46.6. The molecule has 97 heavy (non-hydrogen) atoms. The number of nitrogens with one attached hydrogen (secondary N) is 1. The standard InChI is InChI=1S/C72H87FN12O11S/c1-10-44-13-11-14-47-25-52(94-40-91-9)27-53(59(44)47)61-60(73)62-54(29-74-61)64(80-30-48-19-20-49(31-80)85(48)69(90)95-70(6,7)8)78-67(77-62)93-38-72-22-12-24-84(72)50(21-23-72)33-92-68(89)82-36-71(37-82)34-81(35-71)57-28-56(96-79-57)58(41(2)3)66(88)83-32-51(86)26-55(83)65(87)76-42(4)45-15-17-46(18-16-45)63-43(5)75-39-97-63/h11,13-18,25,27-29,39,41-42,48-51,55,58,86H,10,12,19-24,26,30-38,40H2,1-9H3,(H,76,87)/t42-,48?,49?,50-,51+,55-,58+,72-/m0/s1. The second-order valence-electron chi connectivity index (χ2n) is 29.2. The number of methoxy groups -OCH3 is 1. The van der Waals surface area contributed by atoms with E-state index >= 15 is 4.39 Å². The van der Waals surface area contributed by atoms with Gasteiger partial charge in [0, 0.05) is 88.6 Å². The summed E-state index contributed by atoms with van der Waals surface area (Å²) in [5.74, 6) is -0.234. The molecule has 4 amide bonds. The van der Waals surface area contributed by atoms with Crippen molar-refractivity contribution in [1.82, 2.24) is 50.0 Å². The van der Waals surface area contributed by atoms with Gasteiger partial charge in [0.05, 0.1) is 51.2 Å². The maximum absolute atomic E-state index is 17.9. The maximum Gasteiger partial charge on any atom is 0.410 e. The molecule has 25 heteroatoms. The number of amides is 4. The number of aliphatic hydroxyl groups excluding tert-OH is 1. The van der Waals surface area contributed by atoms with Gasteiger partial charge in [0.1, 0.15) is 53.6 Å². The van der Waals surface area contributed by atoms with Crippen LogP contribution in [0.3, 0.4) is 0 Å². The van der Waals surface area contributed by atoms with Crippen molar-refractivity contribution < 1.29 is 56.9 Å². The van der Waals surface area contributed by atoms with Crippen LogP contribution in [0, 0.1) is 24.1 Å². The lowest BCUT2D eigenvalue weighted by Crippen LogP contribution is -2.73. The highest BCUT2D eigenvalue weighted by molar-refractivity contribution is 7.13. The SMILES string of the molecule is CCc1cccc2cc(OCOC)cc(-c3ncc4c(N5CC6CCC(C5)N6C(=O)OC(C)(C)C)nc(OC[C@@]56CCCN5[C@H](COC(=O)N5CC7(C5)CN(c5cc([C@H](C(=O)N8C[C@H](O)C[C@H]8C(=O)N[C@@H](C)c8ccc(-c9scnc9C)cc8)C(C)C)on5)C7)CC6)nc4c3F)c12. The predicted molar refractivity (Wildman–Crippen MR) is 363 cm³/mol. The number of rotatable bonds is 19. The van der Waals surface area contributed by atoms with Crippen molar-refractivity contribution in [3.05, 3.63) is 101 Å². The van der Waals surface area contributed by atoms with E-state index in [1.54, 1.807) is 41.7 Å². The van der Waals surface area contributed by atoms with Crippen LogP contribution >= 0.6 is 11.3 Å². The fraction of sp³-hybridized carbons (Fsp3) is 0.542. The fourth-order valence-corrected chi connectivity index (χ4v) is 17.1. The second-order valence-corrected chi connectivity index (χ2v) is 30.1. The molecule has 2 N–H and O–H groups in total. The average molecular weight is 1350 g/mol. The van der Waals surface area contributed by atoms with Crippen molar-refractivity contribution >= 4 is 68.6 Å². The predicted octanol–water partition coefficient (Wildman–Crippen LogP) is 10.5. The molecule has 7 aliphatic rings. The topological polar surface area (TPSA) is 244 Å². The molecule has 4 aromatic heterocycles. The van der Waals surface area contributed by atoms with E-state index in [4.69, 9.17) is 43.2 Å². The summed E-state index contributed by atoms with van der Waals surface area (Å²) in [6.07, 6.45) is 5.86. The number of thiazole rings is 1. The highest BCUT2D eigenvalue weighted by Gasteiger charge is 2.56. The number of carbonyl (C=O) groups excluding carboxylic acids is 4. The van der Waals surface area contributed by atoms with Gasteiger partial charge in [0.2, 0.25) is 11.8 Å². The number of aryl methyl sites for hydroxylation is 2. The van der Waals surface area contributed by atoms with E-state index in [-0.39, 0.29) is 110 Å². The second kappa shape index (κ2) is 26.2. The number of benzene rings is 3. The summed E-state index contributed by atoms with van der Waals surface area (Å²) in [4.78, 5) is 87.8. The molecule has 2 unspecified atom stereocenters. The van der Waals surface area contributed by atoms with Gasteiger partial charge in [-0.05, 0) is 132 Å². The molecule has 14 rings (SSSR count). The Hall–Kier alpha value is -8.26. The Morgan fingerprint density at radius 2 is 1.68 bits per heavy atom. The first kappa shape index (κ1) is 66.0. The number of ether oxygens (including phenoxy) is 5. The third kappa shape index (κ3) is 12.7. The van der Waals surface area contributed by atoms with Gasteiger partial charge in [-0.1, -0.05) is 68.4 Å². The summed E-state index contributed by atoms with van der Waals surface area (Å²) in [6, 6.07) is 18.0. The summed E-state index contributed by atoms with van der Waals surface area (Å²) >= 11 is 1.58. The van der Waals surface area contributed by atoms with Gasteiger partial charge in [-0.3, -0.25) is 24.4 Å². The summed E-state index contributed by atoms with van der Waals surface area (Å²) in [6.45, 7) is 19.9. The number of fused-ring (bicyclic) bond motifs is 5. The molecule has 7 fully saturated rings. The van der Waals surface area contributed by atoms with Crippen LogP contribution in [0.1, 0.15) is 128 Å². The van der Waals surface area contributed by atoms with Gasteiger partial charge in [0.15, 0.2) is 24.2 Å². The molecule has 7 aromatic rings. The quantitative estimate of drug-likeness (QED) is 0.0715. The first-order valence-electron chi connectivity index (χ1n) is 34.2. The van der Waals surface area contributed by atoms with Crippen molar-refractivity contribution in [2.75, 3.05) is 89.3 Å². The fourth-order valence-electron chi connectivity index (χ4n) is 16.3. The van der Waals surface area contributed by atoms with Gasteiger partial charge < -0.3 is 58.2 Å². The summed E-state index contributed by atoms with van der Waals surface area (Å²) < 4.78 is 53.8. The molecule has 7 aliphatic heterocycles. The molecule has 0 aliphatic carbocycles. The third-order valence-electron chi connectivity index (χ3n) is 21.0. The minimum atomic E-state index is -0.862. The first-order valence-corrected chi connectivity index (χ1v) is 35.1. The molecule has 514 valence electrons. The zero-order valence-corrected chi connectivity index (χ0v) is 57.5. The van der Waals surface area contributed by atoms with Crippen LogP contribution in [0.5, 0.6) is 11.8 Å². The smallest absolute Gasteiger partial charge is 0.410 e. The average Bonchev–Trinajstić information content (AvgIpc) is 1.24. The number of β-amino-alcohol motifs (C(OH)–C–C–N with tert-alkyl or cyclic N) is 1. The lowest BCUT2D eigenvalue weighted by molar-refractivity contribution is -0.141. The largest absolute Gasteiger partial charge is 0.468 e. The molecule has 7 saturated heterocycles. The summed E-state index contributed by atoms with van der Waals surface area (Å²) in [5, 5.41) is 20.5. The lowest BCUT2D eigenvalue weighted by atomic mass is 9.73. The van der Waals surface area contributed by atoms with Crippen molar-refractivity contribution in [2.24, 2.45) is 11.3 Å². The van der Waals surface area contributed by atoms with Crippen LogP contribution < -0.4 is 24.6 Å². The molecule has 0 saturated carbocycles. The number of nitrogens with zero attached hydrogens (tertiary/aromatic N) is 11. The zero-order chi connectivity index (χ0) is 67.8. The molecule has 23 nitrogen and oxygen atoms in total. The minimum Gasteiger partial charge on any atom is -0.468 e. The van der Waals surface area contributed by atoms with E-state index in [2.05, 4.69) is 37.1 Å². The van der Waals surface area contributed by atoms with Gasteiger partial charge in [-0.2, -0.15) is 9.97 Å². The van der Waals surface area contributed by atoms with Crippen LogP contribution in [0.25, 0.3) is 43.4 Å². The van der Waals surface area contributed by atoms with Crippen molar-refractivity contribution in [3.8, 4) is 33.5 Å². The van der Waals surface area contributed by atoms with Gasteiger partial charge in [-0.15, -0.1) is 11.3 Å². The Balaban J connectivity index is 0.612. The summed E-state index contributed by atoms with van der Waals surface area (Å²) in [5.41, 5.74) is 5.35. The normalized spacial score (nSPS) is 23.5. The highest BCUT2D eigenvalue weighted by atomic mass is 32.1. The number of aromatic nitrogens is 5. The van der Waals surface area contributed by atoms with Crippen LogP contribution in [-0.2, 0) is 30.2 Å². The Labute approximate surface area is 567 Å². The Kier molecular flexibility index (Phi) is 17.8. The molecule has 1 spiro atoms. The third-order valence-corrected chi connectivity index (χ3v) is 22.0. The van der Waals surface area contributed by atoms with Crippen molar-refractivity contribution in [3.63, 3.8) is 0 Å². The van der Waals surface area contributed by atoms with Crippen molar-refractivity contribution in [1.29, 1.82) is 0 Å². The van der Waals surface area contributed by atoms with E-state index in [0.29, 0.717) is 79.8 Å². The van der Waals surface area contributed by atoms with E-state index in [0.717, 1.165) is 83.1 Å². The Bertz CT molecular complexity index is 4120. The van der Waals surface area contributed by atoms with E-state index in [9.17, 15) is 24.3 Å². The molecule has 0 radical (unpaired) electrons. The van der Waals surface area contributed by atoms with Crippen LogP contribution in [0.15, 0.2) is 76.9 Å². The van der Waals surface area contributed by atoms with Crippen LogP contribution in [0.2, 0.25) is 0 Å². The number of hydrogen-bond acceptors (Lipinski definition) is 20. The number of anilines is 2. The van der Waals surface area contributed by atoms with Crippen LogP contribution in [-0.4, -0.2) is 195 Å². The number of piperazine rings is 1. The summed E-state index contributed by atoms with van der Waals surface area (Å²) in [7, 11) is 1.55. The molecule has 8 atom stereocenters. The van der Waals surface area contributed by atoms with Gasteiger partial charge >= 0.3 is 18.2 Å². The number of aliphatic hydroxyl groups is 1. The monoisotopic (exact) mass is 1350 g/mol. The van der Waals surface area contributed by atoms with E-state index in [1.807, 2.05) is 107 Å². The molecule has 2 bridgehead atoms. The van der Waals surface area contributed by atoms with Crippen molar-refractivity contribution in [2.45, 2.75) is 160 Å². The number of halogens is 1. The highest BCUT2D eigenvalue weighted by Crippen LogP contribution is 2.47. The van der Waals surface area contributed by atoms with E-state index in [1.165, 1.54) is 4.90 Å². The van der Waals surface area contributed by atoms with Gasteiger partial charge in [0.25, 0.3) is 0 Å². The molecular weight excluding hydrogens is 1260 g/mol. The number of carbonyl (C=O) groups is 4. The molecule has 3 aromatic carbocycles. The number of hydrogen-bond donors (Lipinski definition) is 2. The molecule has 11 heterocycles. The Morgan fingerprint density at radius 3 is 2.39 bits per heavy atom. The maximum atomic E-state index is 17.9.